The van der Waals surface area contributed by atoms with Gasteiger partial charge in [0.15, 0.2) is 0 Å². The molecule has 0 N–H and O–H groups in total. The molecule has 4 nitrogen and oxygen atoms in total. The van der Waals surface area contributed by atoms with Crippen LogP contribution < -0.4 is 9.80 Å². The molecule has 74 heavy (non-hydrogen) atoms. The zero-order chi connectivity index (χ0) is 55.5. The van der Waals surface area contributed by atoms with Crippen molar-refractivity contribution in [2.45, 2.75) is 52.4 Å². The first kappa shape index (κ1) is 41.9. The summed E-state index contributed by atoms with van der Waals surface area (Å²) in [5.74, 6) is 0. The molecule has 0 saturated heterocycles. The minimum Gasteiger partial charge on any atom is -0.309 e. The molecule has 10 aromatic carbocycles. The number of benzene rings is 10. The van der Waals surface area contributed by atoms with Crippen molar-refractivity contribution in [1.82, 2.24) is 4.57 Å². The first-order chi connectivity index (χ1) is 37.9. The first-order valence-corrected chi connectivity index (χ1v) is 25.3. The first-order valence-electron chi connectivity index (χ1n) is 27.4. The molecule has 11 aromatic rings. The molecule has 360 valence electrons. The van der Waals surface area contributed by atoms with Crippen LogP contribution >= 0.6 is 11.6 Å². The smallest absolute Gasteiger partial charge is 0.101 e. The molecule has 0 atom stereocenters. The Labute approximate surface area is 447 Å². The van der Waals surface area contributed by atoms with Gasteiger partial charge < -0.3 is 14.4 Å². The van der Waals surface area contributed by atoms with Crippen LogP contribution in [0.2, 0.25) is 5.02 Å². The second-order valence-corrected chi connectivity index (χ2v) is 21.2. The number of anilines is 6. The average Bonchev–Trinajstić information content (AvgIpc) is 3.84. The Kier molecular flexibility index (Phi) is 11.0. The van der Waals surface area contributed by atoms with Crippen molar-refractivity contribution in [3.63, 3.8) is 0 Å². The average molecular weight is 983 g/mol. The van der Waals surface area contributed by atoms with E-state index in [2.05, 4.69) is 177 Å². The zero-order valence-electron chi connectivity index (χ0n) is 47.3. The second-order valence-electron chi connectivity index (χ2n) is 20.8. The van der Waals surface area contributed by atoms with Crippen molar-refractivity contribution in [2.24, 2.45) is 0 Å². The second kappa shape index (κ2) is 19.4. The van der Waals surface area contributed by atoms with E-state index < -0.39 is 23.5 Å². The third-order valence-corrected chi connectivity index (χ3v) is 14.0. The van der Waals surface area contributed by atoms with Gasteiger partial charge in [0.2, 0.25) is 0 Å². The molecule has 0 saturated carbocycles. The normalized spacial score (nSPS) is 12.6. The van der Waals surface area contributed by atoms with Gasteiger partial charge >= 0.3 is 0 Å². The molecule has 0 aliphatic carbocycles. The van der Waals surface area contributed by atoms with E-state index in [1.54, 1.807) is 6.07 Å². The lowest BCUT2D eigenvalue weighted by Crippen LogP contribution is -2.19. The van der Waals surface area contributed by atoms with Gasteiger partial charge in [-0.1, -0.05) is 199 Å². The Bertz CT molecular complexity index is 4070. The lowest BCUT2D eigenvalue weighted by Gasteiger charge is -2.35. The van der Waals surface area contributed by atoms with Crippen LogP contribution in [0.15, 0.2) is 236 Å². The largest absolute Gasteiger partial charge is 0.309 e. The van der Waals surface area contributed by atoms with Gasteiger partial charge in [-0.05, 0) is 135 Å². The lowest BCUT2D eigenvalue weighted by atomic mass is 9.81. The molecule has 5 heteroatoms. The summed E-state index contributed by atoms with van der Waals surface area (Å²) in [6.45, 7) is 13.3. The Morgan fingerprint density at radius 3 is 1.54 bits per heavy atom. The highest BCUT2D eigenvalue weighted by Gasteiger charge is 2.29. The third kappa shape index (κ3) is 9.13. The van der Waals surface area contributed by atoms with Gasteiger partial charge in [0.05, 0.1) is 34.8 Å². The molecule has 0 radical (unpaired) electrons. The summed E-state index contributed by atoms with van der Waals surface area (Å²) < 4.78 is 46.2. The number of aromatic nitrogens is 1. The van der Waals surface area contributed by atoms with Crippen molar-refractivity contribution in [2.75, 3.05) is 9.80 Å². The Hall–Kier alpha value is -8.62. The standard InChI is InChI=1S/C69H57ClN4/c1-68(2,3)52-39-58(44-59(40-52)73(56-31-21-29-54(70)43-56)67-62(48-24-12-8-13-25-48)41-53(69(4,5)6)42-63(67)49-26-14-9-15-27-49)72(55-30-20-28-50(38-55)47-22-10-7-11-23-47)66-45-57(37-36-51(66)46-71)74-64-34-18-16-32-60(64)61-33-17-19-35-65(61)74/h7-45H,1-6H3/i7D,10D,11D,22D,23D. The van der Waals surface area contributed by atoms with Crippen LogP contribution in [-0.4, -0.2) is 4.57 Å². The maximum atomic E-state index is 11.3. The molecule has 1 aromatic heterocycles. The maximum Gasteiger partial charge on any atom is 0.101 e. The fourth-order valence-electron chi connectivity index (χ4n) is 10.1. The van der Waals surface area contributed by atoms with Gasteiger partial charge in [-0.25, -0.2) is 0 Å². The molecule has 0 fully saturated rings. The van der Waals surface area contributed by atoms with Crippen LogP contribution in [0, 0.1) is 11.3 Å². The van der Waals surface area contributed by atoms with Gasteiger partial charge in [0.25, 0.3) is 0 Å². The summed E-state index contributed by atoms with van der Waals surface area (Å²) in [4.78, 5) is 4.38. The van der Waals surface area contributed by atoms with Crippen LogP contribution in [0.25, 0.3) is 60.9 Å². The van der Waals surface area contributed by atoms with Crippen molar-refractivity contribution in [1.29, 1.82) is 5.26 Å². The van der Waals surface area contributed by atoms with E-state index in [1.165, 1.54) is 5.56 Å². The highest BCUT2D eigenvalue weighted by atomic mass is 35.5. The topological polar surface area (TPSA) is 35.2 Å². The van der Waals surface area contributed by atoms with Gasteiger partial charge in [0.1, 0.15) is 6.07 Å². The van der Waals surface area contributed by atoms with E-state index in [-0.39, 0.29) is 23.1 Å². The number of hydrogen-bond donors (Lipinski definition) is 0. The quantitative estimate of drug-likeness (QED) is 0.137. The Morgan fingerprint density at radius 1 is 0.459 bits per heavy atom. The lowest BCUT2D eigenvalue weighted by molar-refractivity contribution is 0.590. The number of nitrogens with zero attached hydrogens (tertiary/aromatic N) is 4. The SMILES string of the molecule is [2H]c1c([2H])c([2H])c(-c2cccc(N(c3cc(N(c4cccc(Cl)c4)c4c(-c5ccccc5)cc(C(C)(C)C)cc4-c4ccccc4)cc(C(C)(C)C)c3)c3cc(-n4c5ccccc5c5ccccc54)ccc3C#N)c2)c([2H])c1[2H]. The molecule has 0 amide bonds. The highest BCUT2D eigenvalue weighted by molar-refractivity contribution is 6.31. The number of hydrogen-bond acceptors (Lipinski definition) is 3. The van der Waals surface area contributed by atoms with Crippen LogP contribution in [0.5, 0.6) is 0 Å². The van der Waals surface area contributed by atoms with E-state index in [1.807, 2.05) is 84.9 Å². The fourth-order valence-corrected chi connectivity index (χ4v) is 10.2. The summed E-state index contributed by atoms with van der Waals surface area (Å²) >= 11 is 7.06. The number of para-hydroxylation sites is 2. The number of nitriles is 1. The van der Waals surface area contributed by atoms with Crippen molar-refractivity contribution in [3.05, 3.63) is 258 Å². The summed E-state index contributed by atoms with van der Waals surface area (Å²) in [5.41, 5.74) is 13.8. The predicted molar refractivity (Wildman–Crippen MR) is 314 cm³/mol. The molecule has 11 rings (SSSR count). The van der Waals surface area contributed by atoms with Crippen molar-refractivity contribution >= 4 is 67.5 Å². The van der Waals surface area contributed by atoms with Gasteiger partial charge in [-0.2, -0.15) is 5.26 Å². The van der Waals surface area contributed by atoms with E-state index in [9.17, 15) is 5.26 Å². The number of fused-ring (bicyclic) bond motifs is 3. The molecule has 0 unspecified atom stereocenters. The fraction of sp³-hybridized carbons (Fsp3) is 0.116. The van der Waals surface area contributed by atoms with E-state index >= 15 is 0 Å². The zero-order valence-corrected chi connectivity index (χ0v) is 43.1. The van der Waals surface area contributed by atoms with Gasteiger partial charge in [-0.3, -0.25) is 0 Å². The summed E-state index contributed by atoms with van der Waals surface area (Å²) in [6.07, 6.45) is 0. The minimum absolute atomic E-state index is 0.0733. The minimum atomic E-state index is -0.466. The van der Waals surface area contributed by atoms with Crippen molar-refractivity contribution in [3.8, 4) is 45.1 Å². The maximum absolute atomic E-state index is 11.3. The monoisotopic (exact) mass is 981 g/mol. The van der Waals surface area contributed by atoms with Crippen LogP contribution in [-0.2, 0) is 10.8 Å². The molecule has 0 aliphatic heterocycles. The molecule has 1 heterocycles. The Balaban J connectivity index is 1.26. The summed E-state index contributed by atoms with van der Waals surface area (Å²) in [7, 11) is 0. The van der Waals surface area contributed by atoms with Crippen LogP contribution in [0.1, 0.15) is 65.1 Å². The molecular formula is C69H57ClN4. The van der Waals surface area contributed by atoms with Crippen molar-refractivity contribution < 1.29 is 6.85 Å². The molecule has 0 aliphatic rings. The molecular weight excluding hydrogens is 920 g/mol. The predicted octanol–water partition coefficient (Wildman–Crippen LogP) is 19.8. The summed E-state index contributed by atoms with van der Waals surface area (Å²) in [5, 5.41) is 14.1. The van der Waals surface area contributed by atoms with Gasteiger partial charge in [0, 0.05) is 55.4 Å². The Morgan fingerprint density at radius 2 is 0.973 bits per heavy atom. The van der Waals surface area contributed by atoms with E-state index in [0.29, 0.717) is 33.2 Å². The van der Waals surface area contributed by atoms with Gasteiger partial charge in [-0.15, -0.1) is 0 Å². The number of halogens is 1. The highest BCUT2D eigenvalue weighted by Crippen LogP contribution is 2.51. The summed E-state index contributed by atoms with van der Waals surface area (Å²) in [6, 6.07) is 70.7. The van der Waals surface area contributed by atoms with E-state index in [0.717, 1.165) is 72.4 Å². The van der Waals surface area contributed by atoms with E-state index in [4.69, 9.17) is 18.5 Å². The van der Waals surface area contributed by atoms with Crippen LogP contribution in [0.4, 0.5) is 34.1 Å². The molecule has 0 spiro atoms. The van der Waals surface area contributed by atoms with Crippen LogP contribution in [0.3, 0.4) is 0 Å². The third-order valence-electron chi connectivity index (χ3n) is 13.8. The number of rotatable bonds is 10. The molecule has 0 bridgehead atoms.